The van der Waals surface area contributed by atoms with Crippen molar-refractivity contribution >= 4 is 16.2 Å². The lowest BCUT2D eigenvalue weighted by atomic mass is 10.1. The molecule has 0 N–H and O–H groups in total. The van der Waals surface area contributed by atoms with Crippen molar-refractivity contribution < 1.29 is 18.3 Å². The van der Waals surface area contributed by atoms with Crippen molar-refractivity contribution in [3.63, 3.8) is 0 Å². The largest absolute Gasteiger partial charge is 0.423 e. The molecule has 20 heavy (non-hydrogen) atoms. The van der Waals surface area contributed by atoms with Gasteiger partial charge in [-0.1, -0.05) is 17.7 Å². The predicted molar refractivity (Wildman–Crippen MR) is 76.1 cm³/mol. The van der Waals surface area contributed by atoms with Crippen LogP contribution in [0.5, 0.6) is 5.75 Å². The minimum Gasteiger partial charge on any atom is -0.423 e. The number of carbonyl (C=O) groups excluding carboxylic acids is 1. The molecule has 2 aromatic rings. The third kappa shape index (κ3) is 3.11. The van der Waals surface area contributed by atoms with Crippen molar-refractivity contribution in [2.45, 2.75) is 13.0 Å². The van der Waals surface area contributed by atoms with E-state index in [-0.39, 0.29) is 11.3 Å². The normalized spacial score (nSPS) is 10.6. The van der Waals surface area contributed by atoms with Gasteiger partial charge in [-0.25, -0.2) is 13.6 Å². The SMILES string of the molecule is Cc1c(F)cc(OC(=O)c2ccc(C[SiH3])cc2)cc1F. The minimum absolute atomic E-state index is 0.0961. The van der Waals surface area contributed by atoms with Crippen molar-refractivity contribution in [1.82, 2.24) is 0 Å². The number of hydrogen-bond acceptors (Lipinski definition) is 2. The maximum Gasteiger partial charge on any atom is 0.343 e. The van der Waals surface area contributed by atoms with Crippen LogP contribution in [0.1, 0.15) is 21.5 Å². The van der Waals surface area contributed by atoms with Gasteiger partial charge in [0.1, 0.15) is 17.4 Å². The second-order valence-corrected chi connectivity index (χ2v) is 5.16. The minimum atomic E-state index is -0.737. The monoisotopic (exact) mass is 292 g/mol. The van der Waals surface area contributed by atoms with Gasteiger partial charge in [0.2, 0.25) is 0 Å². The fourth-order valence-electron chi connectivity index (χ4n) is 1.72. The van der Waals surface area contributed by atoms with Gasteiger partial charge in [-0.3, -0.25) is 0 Å². The van der Waals surface area contributed by atoms with Crippen LogP contribution in [-0.2, 0) is 6.04 Å². The van der Waals surface area contributed by atoms with Crippen molar-refractivity contribution in [2.24, 2.45) is 0 Å². The molecule has 0 radical (unpaired) electrons. The van der Waals surface area contributed by atoms with E-state index in [0.29, 0.717) is 5.56 Å². The Morgan fingerprint density at radius 1 is 1.15 bits per heavy atom. The van der Waals surface area contributed by atoms with E-state index in [1.165, 1.54) is 6.92 Å². The molecule has 2 rings (SSSR count). The van der Waals surface area contributed by atoms with Crippen molar-refractivity contribution in [2.75, 3.05) is 0 Å². The fraction of sp³-hybridized carbons (Fsp3) is 0.133. The van der Waals surface area contributed by atoms with Gasteiger partial charge in [0.05, 0.1) is 5.56 Å². The molecule has 0 aliphatic rings. The first-order valence-corrected chi connectivity index (χ1v) is 7.69. The van der Waals surface area contributed by atoms with E-state index in [2.05, 4.69) is 0 Å². The first-order chi connectivity index (χ1) is 9.51. The summed E-state index contributed by atoms with van der Waals surface area (Å²) in [6, 6.07) is 10.0. The third-order valence-corrected chi connectivity index (χ3v) is 3.88. The molecule has 0 aromatic heterocycles. The number of esters is 1. The van der Waals surface area contributed by atoms with Gasteiger partial charge < -0.3 is 4.74 Å². The average molecular weight is 292 g/mol. The summed E-state index contributed by atoms with van der Waals surface area (Å²) in [5.41, 5.74) is 1.41. The summed E-state index contributed by atoms with van der Waals surface area (Å²) >= 11 is 0. The number of carbonyl (C=O) groups is 1. The molecule has 104 valence electrons. The van der Waals surface area contributed by atoms with Crippen LogP contribution in [0.25, 0.3) is 0 Å². The Kier molecular flexibility index (Phi) is 4.29. The summed E-state index contributed by atoms with van der Waals surface area (Å²) in [4.78, 5) is 11.9. The Balaban J connectivity index is 2.18. The highest BCUT2D eigenvalue weighted by molar-refractivity contribution is 6.08. The summed E-state index contributed by atoms with van der Waals surface area (Å²) in [6.45, 7) is 1.32. The van der Waals surface area contributed by atoms with Crippen molar-refractivity contribution in [3.05, 3.63) is 64.7 Å². The van der Waals surface area contributed by atoms with Crippen LogP contribution in [0, 0.1) is 18.6 Å². The third-order valence-electron chi connectivity index (χ3n) is 3.06. The molecule has 0 unspecified atom stereocenters. The number of ether oxygens (including phenoxy) is 1. The van der Waals surface area contributed by atoms with Crippen LogP contribution in [-0.4, -0.2) is 16.2 Å². The van der Waals surface area contributed by atoms with Crippen LogP contribution in [0.3, 0.4) is 0 Å². The molecule has 0 heterocycles. The first kappa shape index (κ1) is 14.4. The molecule has 0 amide bonds. The van der Waals surface area contributed by atoms with Gasteiger partial charge in [0, 0.05) is 27.9 Å². The highest BCUT2D eigenvalue weighted by atomic mass is 28.1. The summed E-state index contributed by atoms with van der Waals surface area (Å²) < 4.78 is 31.7. The summed E-state index contributed by atoms with van der Waals surface area (Å²) in [6.07, 6.45) is 0. The predicted octanol–water partition coefficient (Wildman–Crippen LogP) is 2.36. The van der Waals surface area contributed by atoms with Crippen LogP contribution >= 0.6 is 0 Å². The smallest absolute Gasteiger partial charge is 0.343 e. The van der Waals surface area contributed by atoms with Gasteiger partial charge in [-0.05, 0) is 25.1 Å². The Hall–Kier alpha value is -2.01. The Morgan fingerprint density at radius 2 is 1.70 bits per heavy atom. The van der Waals surface area contributed by atoms with E-state index in [1.807, 2.05) is 12.1 Å². The van der Waals surface area contributed by atoms with Gasteiger partial charge in [0.25, 0.3) is 0 Å². The molecule has 0 fully saturated rings. The second-order valence-electron chi connectivity index (χ2n) is 4.45. The van der Waals surface area contributed by atoms with Crippen molar-refractivity contribution in [1.29, 1.82) is 0 Å². The molecule has 2 nitrogen and oxygen atoms in total. The highest BCUT2D eigenvalue weighted by Gasteiger charge is 2.12. The molecule has 0 aliphatic carbocycles. The zero-order valence-corrected chi connectivity index (χ0v) is 13.2. The molecule has 0 bridgehead atoms. The quantitative estimate of drug-likeness (QED) is 0.493. The molecule has 0 atom stereocenters. The van der Waals surface area contributed by atoms with Crippen LogP contribution in [0.15, 0.2) is 36.4 Å². The lowest BCUT2D eigenvalue weighted by Crippen LogP contribution is -2.09. The van der Waals surface area contributed by atoms with Gasteiger partial charge in [0.15, 0.2) is 0 Å². The molecular formula is C15H14F2O2Si. The van der Waals surface area contributed by atoms with Crippen LogP contribution < -0.4 is 4.74 Å². The number of rotatable bonds is 3. The van der Waals surface area contributed by atoms with Crippen LogP contribution in [0.4, 0.5) is 8.78 Å². The van der Waals surface area contributed by atoms with E-state index < -0.39 is 17.6 Å². The maximum absolute atomic E-state index is 13.4. The second kappa shape index (κ2) is 5.96. The molecule has 0 saturated carbocycles. The van der Waals surface area contributed by atoms with E-state index in [4.69, 9.17) is 4.74 Å². The lowest BCUT2D eigenvalue weighted by Gasteiger charge is -2.07. The van der Waals surface area contributed by atoms with E-state index in [0.717, 1.165) is 34.0 Å². The average Bonchev–Trinajstić information content (AvgIpc) is 2.44. The standard InChI is InChI=1S/C15H14F2O2Si/c1-9-13(16)6-12(7-14(9)17)19-15(18)11-4-2-10(8-20)3-5-11/h2-7H,8H2,1,20H3. The van der Waals surface area contributed by atoms with Gasteiger partial charge in [-0.2, -0.15) is 0 Å². The number of halogens is 2. The van der Waals surface area contributed by atoms with Gasteiger partial charge >= 0.3 is 5.97 Å². The highest BCUT2D eigenvalue weighted by Crippen LogP contribution is 2.21. The molecule has 0 saturated heterocycles. The lowest BCUT2D eigenvalue weighted by molar-refractivity contribution is 0.0734. The Morgan fingerprint density at radius 3 is 2.20 bits per heavy atom. The summed E-state index contributed by atoms with van der Waals surface area (Å²) in [5.74, 6) is -2.24. The van der Waals surface area contributed by atoms with E-state index >= 15 is 0 Å². The zero-order chi connectivity index (χ0) is 14.7. The summed E-state index contributed by atoms with van der Waals surface area (Å²) in [5, 5.41) is 0. The molecular weight excluding hydrogens is 278 g/mol. The van der Waals surface area contributed by atoms with E-state index in [9.17, 15) is 13.6 Å². The van der Waals surface area contributed by atoms with Crippen LogP contribution in [0.2, 0.25) is 0 Å². The molecule has 0 aliphatic heterocycles. The molecule has 5 heteroatoms. The molecule has 2 aromatic carbocycles. The fourth-order valence-corrected chi connectivity index (χ4v) is 2.19. The van der Waals surface area contributed by atoms with Crippen molar-refractivity contribution in [3.8, 4) is 5.75 Å². The first-order valence-electron chi connectivity index (χ1n) is 6.28. The topological polar surface area (TPSA) is 26.3 Å². The number of hydrogen-bond donors (Lipinski definition) is 0. The molecule has 0 spiro atoms. The zero-order valence-electron chi connectivity index (χ0n) is 11.2. The maximum atomic E-state index is 13.4. The Bertz CT molecular complexity index is 616. The van der Waals surface area contributed by atoms with E-state index in [1.54, 1.807) is 12.1 Å². The van der Waals surface area contributed by atoms with Gasteiger partial charge in [-0.15, -0.1) is 0 Å². The Labute approximate surface area is 118 Å². The summed E-state index contributed by atoms with van der Waals surface area (Å²) in [7, 11) is 1.05. The number of benzene rings is 2.